The largest absolute Gasteiger partial charge is 0.352 e. The van der Waals surface area contributed by atoms with Gasteiger partial charge >= 0.3 is 0 Å². The van der Waals surface area contributed by atoms with Crippen molar-refractivity contribution in [1.82, 2.24) is 9.88 Å². The highest BCUT2D eigenvalue weighted by Crippen LogP contribution is 2.21. The number of aryl methyl sites for hydroxylation is 1. The molecule has 0 spiro atoms. The summed E-state index contributed by atoms with van der Waals surface area (Å²) in [5.74, 6) is 0.370. The third-order valence-corrected chi connectivity index (χ3v) is 6.70. The molecule has 1 aromatic carbocycles. The maximum absolute atomic E-state index is 12.9. The molecule has 1 aliphatic heterocycles. The molecule has 0 radical (unpaired) electrons. The number of rotatable bonds is 8. The summed E-state index contributed by atoms with van der Waals surface area (Å²) in [6, 6.07) is 13.0. The first-order chi connectivity index (χ1) is 15.3. The number of benzene rings is 1. The van der Waals surface area contributed by atoms with Crippen LogP contribution >= 0.6 is 0 Å². The number of piperazine rings is 1. The van der Waals surface area contributed by atoms with E-state index < -0.39 is 10.0 Å². The summed E-state index contributed by atoms with van der Waals surface area (Å²) in [7, 11) is -3.61. The van der Waals surface area contributed by atoms with Crippen molar-refractivity contribution in [2.75, 3.05) is 48.2 Å². The van der Waals surface area contributed by atoms with Gasteiger partial charge in [0.2, 0.25) is 15.9 Å². The molecule has 0 bridgehead atoms. The number of anilines is 2. The van der Waals surface area contributed by atoms with Crippen LogP contribution in [-0.2, 0) is 21.2 Å². The van der Waals surface area contributed by atoms with E-state index in [1.54, 1.807) is 35.4 Å². The van der Waals surface area contributed by atoms with E-state index in [0.717, 1.165) is 35.4 Å². The smallest absolute Gasteiger partial charge is 0.243 e. The number of sulfonamides is 1. The van der Waals surface area contributed by atoms with E-state index in [0.29, 0.717) is 43.2 Å². The van der Waals surface area contributed by atoms with Crippen LogP contribution in [0.2, 0.25) is 0 Å². The summed E-state index contributed by atoms with van der Waals surface area (Å²) < 4.78 is 26.0. The van der Waals surface area contributed by atoms with Gasteiger partial charge in [0.05, 0.1) is 17.5 Å². The minimum atomic E-state index is -3.61. The first kappa shape index (κ1) is 23.5. The van der Waals surface area contributed by atoms with Gasteiger partial charge in [-0.2, -0.15) is 5.26 Å². The minimum absolute atomic E-state index is 0.236. The van der Waals surface area contributed by atoms with Crippen molar-refractivity contribution in [2.45, 2.75) is 26.2 Å². The molecule has 0 saturated carbocycles. The molecule has 0 atom stereocenters. The zero-order chi connectivity index (χ0) is 23.1. The molecule has 1 saturated heterocycles. The monoisotopic (exact) mass is 455 g/mol. The summed E-state index contributed by atoms with van der Waals surface area (Å²) in [4.78, 5) is 20.9. The lowest BCUT2D eigenvalue weighted by Crippen LogP contribution is -2.52. The predicted molar refractivity (Wildman–Crippen MR) is 125 cm³/mol. The molecule has 1 aliphatic rings. The molecule has 0 aliphatic carbocycles. The number of aromatic nitrogens is 1. The fourth-order valence-electron chi connectivity index (χ4n) is 3.74. The second-order valence-electron chi connectivity index (χ2n) is 7.89. The van der Waals surface area contributed by atoms with Crippen LogP contribution in [0.4, 0.5) is 11.5 Å². The maximum Gasteiger partial charge on any atom is 0.243 e. The number of amides is 1. The maximum atomic E-state index is 12.9. The van der Waals surface area contributed by atoms with Gasteiger partial charge in [-0.15, -0.1) is 0 Å². The van der Waals surface area contributed by atoms with Crippen molar-refractivity contribution in [3.63, 3.8) is 0 Å². The van der Waals surface area contributed by atoms with Gasteiger partial charge in [0.1, 0.15) is 18.4 Å². The summed E-state index contributed by atoms with van der Waals surface area (Å²) in [5.41, 5.74) is 2.14. The lowest BCUT2D eigenvalue weighted by molar-refractivity contribution is -0.129. The van der Waals surface area contributed by atoms with Crippen molar-refractivity contribution >= 4 is 27.4 Å². The van der Waals surface area contributed by atoms with Crippen LogP contribution in [0.1, 0.15) is 30.9 Å². The molecule has 2 heterocycles. The number of hydrogen-bond donors (Lipinski definition) is 0. The predicted octanol–water partition coefficient (Wildman–Crippen LogP) is 2.41. The molecule has 9 heteroatoms. The molecule has 170 valence electrons. The zero-order valence-electron chi connectivity index (χ0n) is 18.6. The normalized spacial score (nSPS) is 14.2. The highest BCUT2D eigenvalue weighted by molar-refractivity contribution is 7.92. The topological polar surface area (TPSA) is 97.6 Å². The first-order valence-electron chi connectivity index (χ1n) is 10.8. The highest BCUT2D eigenvalue weighted by Gasteiger charge is 2.27. The van der Waals surface area contributed by atoms with Crippen LogP contribution in [0.15, 0.2) is 42.6 Å². The third-order valence-electron chi connectivity index (χ3n) is 5.56. The second kappa shape index (κ2) is 10.5. The Bertz CT molecular complexity index is 1070. The van der Waals surface area contributed by atoms with Crippen molar-refractivity contribution in [2.24, 2.45) is 0 Å². The molecular formula is C23H29N5O3S. The van der Waals surface area contributed by atoms with Crippen molar-refractivity contribution in [1.29, 1.82) is 5.26 Å². The van der Waals surface area contributed by atoms with E-state index in [1.807, 2.05) is 17.0 Å². The van der Waals surface area contributed by atoms with E-state index in [2.05, 4.69) is 18.0 Å². The Balaban J connectivity index is 1.66. The fourth-order valence-corrected chi connectivity index (χ4v) is 4.59. The first-order valence-corrected chi connectivity index (χ1v) is 12.6. The number of pyridine rings is 1. The third kappa shape index (κ3) is 5.77. The molecule has 2 aromatic rings. The number of unbranched alkanes of at least 4 members (excludes halogenated alkanes) is 1. The van der Waals surface area contributed by atoms with Crippen molar-refractivity contribution < 1.29 is 13.2 Å². The van der Waals surface area contributed by atoms with Crippen LogP contribution in [0.5, 0.6) is 0 Å². The summed E-state index contributed by atoms with van der Waals surface area (Å²) in [5, 5.41) is 9.29. The lowest BCUT2D eigenvalue weighted by atomic mass is 10.1. The fraction of sp³-hybridized carbons (Fsp3) is 0.435. The average Bonchev–Trinajstić information content (AvgIpc) is 2.81. The number of nitrogens with zero attached hydrogens (tertiary/aromatic N) is 5. The number of hydrogen-bond acceptors (Lipinski definition) is 6. The number of nitriles is 1. The standard InChI is InChI=1S/C23H29N5O3S/c1-3-4-6-19-8-10-21(11-9-19)28(32(2,30)31)18-22(29)26-13-15-27(16-14-26)23-20(17-24)7-5-12-25-23/h5,7-12H,3-4,6,13-16,18H2,1-2H3. The summed E-state index contributed by atoms with van der Waals surface area (Å²) >= 11 is 0. The van der Waals surface area contributed by atoms with Crippen LogP contribution in [0.25, 0.3) is 0 Å². The van der Waals surface area contributed by atoms with E-state index in [9.17, 15) is 18.5 Å². The second-order valence-corrected chi connectivity index (χ2v) is 9.80. The Hall–Kier alpha value is -3.12. The van der Waals surface area contributed by atoms with Crippen LogP contribution in [0.3, 0.4) is 0 Å². The Morgan fingerprint density at radius 3 is 2.44 bits per heavy atom. The lowest BCUT2D eigenvalue weighted by Gasteiger charge is -2.36. The molecule has 1 aromatic heterocycles. The molecule has 3 rings (SSSR count). The SMILES string of the molecule is CCCCc1ccc(N(CC(=O)N2CCN(c3ncccc3C#N)CC2)S(C)(=O)=O)cc1. The van der Waals surface area contributed by atoms with Gasteiger partial charge < -0.3 is 9.80 Å². The van der Waals surface area contributed by atoms with E-state index in [1.165, 1.54) is 0 Å². The Kier molecular flexibility index (Phi) is 7.70. The summed E-state index contributed by atoms with van der Waals surface area (Å²) in [6.07, 6.45) is 5.88. The number of carbonyl (C=O) groups excluding carboxylic acids is 1. The van der Waals surface area contributed by atoms with Gasteiger partial charge in [0, 0.05) is 32.4 Å². The van der Waals surface area contributed by atoms with Crippen LogP contribution in [-0.4, -0.2) is 63.2 Å². The molecular weight excluding hydrogens is 426 g/mol. The Labute approximate surface area is 190 Å². The molecule has 1 amide bonds. The van der Waals surface area contributed by atoms with E-state index in [-0.39, 0.29) is 12.5 Å². The quantitative estimate of drug-likeness (QED) is 0.606. The van der Waals surface area contributed by atoms with Crippen LogP contribution in [0, 0.1) is 11.3 Å². The van der Waals surface area contributed by atoms with Crippen molar-refractivity contribution in [3.8, 4) is 6.07 Å². The van der Waals surface area contributed by atoms with Crippen molar-refractivity contribution in [3.05, 3.63) is 53.7 Å². The molecule has 0 unspecified atom stereocenters. The van der Waals surface area contributed by atoms with Gasteiger partial charge in [0.25, 0.3) is 0 Å². The van der Waals surface area contributed by atoms with Gasteiger partial charge in [0.15, 0.2) is 0 Å². The number of carbonyl (C=O) groups is 1. The molecule has 32 heavy (non-hydrogen) atoms. The highest BCUT2D eigenvalue weighted by atomic mass is 32.2. The summed E-state index contributed by atoms with van der Waals surface area (Å²) in [6.45, 7) is 3.83. The molecule has 1 fully saturated rings. The van der Waals surface area contributed by atoms with E-state index >= 15 is 0 Å². The van der Waals surface area contributed by atoms with E-state index in [4.69, 9.17) is 0 Å². The molecule has 8 nitrogen and oxygen atoms in total. The van der Waals surface area contributed by atoms with Crippen LogP contribution < -0.4 is 9.21 Å². The van der Waals surface area contributed by atoms with Gasteiger partial charge in [-0.25, -0.2) is 13.4 Å². The molecule has 0 N–H and O–H groups in total. The average molecular weight is 456 g/mol. The van der Waals surface area contributed by atoms with Gasteiger partial charge in [-0.3, -0.25) is 9.10 Å². The zero-order valence-corrected chi connectivity index (χ0v) is 19.4. The van der Waals surface area contributed by atoms with Gasteiger partial charge in [-0.1, -0.05) is 25.5 Å². The Morgan fingerprint density at radius 1 is 1.16 bits per heavy atom. The minimum Gasteiger partial charge on any atom is -0.352 e. The van der Waals surface area contributed by atoms with Gasteiger partial charge in [-0.05, 0) is 42.7 Å². The Morgan fingerprint density at radius 2 is 1.84 bits per heavy atom.